The summed E-state index contributed by atoms with van der Waals surface area (Å²) < 4.78 is 7.41. The number of benzene rings is 1. The molecule has 2 amide bonds. The Balaban J connectivity index is 1.52. The molecule has 1 fully saturated rings. The summed E-state index contributed by atoms with van der Waals surface area (Å²) in [6.07, 6.45) is 3.56. The third-order valence-electron chi connectivity index (χ3n) is 5.71. The number of pyridine rings is 1. The summed E-state index contributed by atoms with van der Waals surface area (Å²) in [7, 11) is 0. The fraction of sp³-hybridized carbons (Fsp3) is 0.440. The van der Waals surface area contributed by atoms with E-state index in [4.69, 9.17) is 4.74 Å². The minimum Gasteiger partial charge on any atom is -0.444 e. The standard InChI is InChI=1S/C25H31N5O3/c1-25(2,3)33-24(32)26-20(16-18-10-5-4-6-11-18)23(31)29-14-9-12-19(17-29)22-28-27-21-13-7-8-15-30(21)22/h4-8,10-11,13,15,19-20H,9,12,14,16-17H2,1-3H3,(H,26,32). The number of hydrogen-bond donors (Lipinski definition) is 1. The van der Waals surface area contributed by atoms with Gasteiger partial charge in [0.2, 0.25) is 5.91 Å². The molecule has 8 heteroatoms. The van der Waals surface area contributed by atoms with Gasteiger partial charge in [-0.1, -0.05) is 36.4 Å². The summed E-state index contributed by atoms with van der Waals surface area (Å²) >= 11 is 0. The van der Waals surface area contributed by atoms with Crippen molar-refractivity contribution in [1.82, 2.24) is 24.8 Å². The maximum Gasteiger partial charge on any atom is 0.408 e. The molecule has 0 saturated carbocycles. The first kappa shape index (κ1) is 22.8. The number of piperidine rings is 1. The topological polar surface area (TPSA) is 88.8 Å². The van der Waals surface area contributed by atoms with Crippen molar-refractivity contribution in [2.24, 2.45) is 0 Å². The number of hydrogen-bond acceptors (Lipinski definition) is 5. The van der Waals surface area contributed by atoms with Gasteiger partial charge in [0, 0.05) is 31.6 Å². The van der Waals surface area contributed by atoms with Crippen LogP contribution in [0.15, 0.2) is 54.7 Å². The van der Waals surface area contributed by atoms with E-state index in [1.54, 1.807) is 20.8 Å². The minimum absolute atomic E-state index is 0.0824. The molecular weight excluding hydrogens is 418 g/mol. The number of nitrogens with one attached hydrogen (secondary N) is 1. The van der Waals surface area contributed by atoms with E-state index in [1.807, 2.05) is 64.0 Å². The number of ether oxygens (including phenoxy) is 1. The second kappa shape index (κ2) is 9.60. The van der Waals surface area contributed by atoms with Gasteiger partial charge in [-0.15, -0.1) is 10.2 Å². The van der Waals surface area contributed by atoms with Crippen LogP contribution in [0.5, 0.6) is 0 Å². The molecule has 1 aliphatic rings. The average Bonchev–Trinajstić information content (AvgIpc) is 3.22. The summed E-state index contributed by atoms with van der Waals surface area (Å²) in [4.78, 5) is 28.0. The van der Waals surface area contributed by atoms with Gasteiger partial charge < -0.3 is 15.0 Å². The van der Waals surface area contributed by atoms with Gasteiger partial charge in [-0.2, -0.15) is 0 Å². The molecule has 0 radical (unpaired) electrons. The predicted molar refractivity (Wildman–Crippen MR) is 125 cm³/mol. The van der Waals surface area contributed by atoms with Gasteiger partial charge in [0.05, 0.1) is 0 Å². The highest BCUT2D eigenvalue weighted by atomic mass is 16.6. The molecule has 33 heavy (non-hydrogen) atoms. The minimum atomic E-state index is -0.712. The fourth-order valence-electron chi connectivity index (χ4n) is 4.25. The molecule has 0 spiro atoms. The summed E-state index contributed by atoms with van der Waals surface area (Å²) in [5.41, 5.74) is 1.13. The highest BCUT2D eigenvalue weighted by Gasteiger charge is 2.33. The van der Waals surface area contributed by atoms with Gasteiger partial charge in [-0.05, 0) is 51.3 Å². The van der Waals surface area contributed by atoms with Crippen LogP contribution in [-0.2, 0) is 16.0 Å². The quantitative estimate of drug-likeness (QED) is 0.643. The van der Waals surface area contributed by atoms with Crippen molar-refractivity contribution in [2.75, 3.05) is 13.1 Å². The molecular formula is C25H31N5O3. The first-order valence-electron chi connectivity index (χ1n) is 11.4. The highest BCUT2D eigenvalue weighted by molar-refractivity contribution is 5.86. The van der Waals surface area contributed by atoms with Crippen molar-refractivity contribution in [1.29, 1.82) is 0 Å². The van der Waals surface area contributed by atoms with Crippen LogP contribution >= 0.6 is 0 Å². The Labute approximate surface area is 193 Å². The summed E-state index contributed by atoms with van der Waals surface area (Å²) in [5.74, 6) is 0.838. The number of carbonyl (C=O) groups is 2. The van der Waals surface area contributed by atoms with Gasteiger partial charge in [0.15, 0.2) is 5.65 Å². The molecule has 2 aromatic heterocycles. The number of alkyl carbamates (subject to hydrolysis) is 1. The van der Waals surface area contributed by atoms with Crippen LogP contribution < -0.4 is 5.32 Å². The van der Waals surface area contributed by atoms with Gasteiger partial charge in [-0.25, -0.2) is 4.79 Å². The number of carbonyl (C=O) groups excluding carboxylic acids is 2. The number of nitrogens with zero attached hydrogens (tertiary/aromatic N) is 4. The Morgan fingerprint density at radius 1 is 1.12 bits per heavy atom. The second-order valence-corrected chi connectivity index (χ2v) is 9.50. The number of amides is 2. The molecule has 1 aliphatic heterocycles. The SMILES string of the molecule is CC(C)(C)OC(=O)NC(Cc1ccccc1)C(=O)N1CCCC(c2nnc3ccccn23)C1. The Bertz CT molecular complexity index is 1110. The molecule has 3 aromatic rings. The van der Waals surface area contributed by atoms with Crippen molar-refractivity contribution in [3.63, 3.8) is 0 Å². The van der Waals surface area contributed by atoms with Crippen LogP contribution in [0.25, 0.3) is 5.65 Å². The van der Waals surface area contributed by atoms with Gasteiger partial charge >= 0.3 is 6.09 Å². The average molecular weight is 450 g/mol. The van der Waals surface area contributed by atoms with Crippen LogP contribution in [0, 0.1) is 0 Å². The molecule has 1 aromatic carbocycles. The first-order valence-corrected chi connectivity index (χ1v) is 11.4. The number of aromatic nitrogens is 3. The lowest BCUT2D eigenvalue weighted by atomic mass is 9.95. The predicted octanol–water partition coefficient (Wildman–Crippen LogP) is 3.57. The lowest BCUT2D eigenvalue weighted by Gasteiger charge is -2.34. The Morgan fingerprint density at radius 3 is 2.64 bits per heavy atom. The molecule has 8 nitrogen and oxygen atoms in total. The van der Waals surface area contributed by atoms with E-state index in [0.717, 1.165) is 29.9 Å². The fourth-order valence-corrected chi connectivity index (χ4v) is 4.25. The van der Waals surface area contributed by atoms with Crippen LogP contribution in [0.3, 0.4) is 0 Å². The second-order valence-electron chi connectivity index (χ2n) is 9.50. The number of fused-ring (bicyclic) bond motifs is 1. The molecule has 0 bridgehead atoms. The maximum atomic E-state index is 13.6. The molecule has 4 rings (SSSR count). The van der Waals surface area contributed by atoms with Crippen LogP contribution in [0.2, 0.25) is 0 Å². The van der Waals surface area contributed by atoms with E-state index in [-0.39, 0.29) is 11.8 Å². The third-order valence-corrected chi connectivity index (χ3v) is 5.71. The molecule has 1 N–H and O–H groups in total. The summed E-state index contributed by atoms with van der Waals surface area (Å²) in [6.45, 7) is 6.60. The Hall–Kier alpha value is -3.42. The van der Waals surface area contributed by atoms with E-state index < -0.39 is 17.7 Å². The monoisotopic (exact) mass is 449 g/mol. The molecule has 1 saturated heterocycles. The van der Waals surface area contributed by atoms with E-state index >= 15 is 0 Å². The summed E-state index contributed by atoms with van der Waals surface area (Å²) in [5, 5.41) is 11.5. The van der Waals surface area contributed by atoms with Crippen LogP contribution in [0.1, 0.15) is 50.9 Å². The zero-order valence-corrected chi connectivity index (χ0v) is 19.4. The lowest BCUT2D eigenvalue weighted by molar-refractivity contribution is -0.134. The first-order chi connectivity index (χ1) is 15.8. The summed E-state index contributed by atoms with van der Waals surface area (Å²) in [6, 6.07) is 14.8. The highest BCUT2D eigenvalue weighted by Crippen LogP contribution is 2.27. The van der Waals surface area contributed by atoms with Crippen molar-refractivity contribution in [3.8, 4) is 0 Å². The van der Waals surface area contributed by atoms with Gasteiger partial charge in [0.1, 0.15) is 17.5 Å². The maximum absolute atomic E-state index is 13.6. The van der Waals surface area contributed by atoms with Crippen LogP contribution in [0.4, 0.5) is 4.79 Å². The number of rotatable bonds is 5. The lowest BCUT2D eigenvalue weighted by Crippen LogP contribution is -2.52. The van der Waals surface area contributed by atoms with Crippen molar-refractivity contribution >= 4 is 17.6 Å². The zero-order valence-electron chi connectivity index (χ0n) is 19.4. The van der Waals surface area contributed by atoms with E-state index in [2.05, 4.69) is 15.5 Å². The Kier molecular flexibility index (Phi) is 6.62. The largest absolute Gasteiger partial charge is 0.444 e. The van der Waals surface area contributed by atoms with E-state index in [1.165, 1.54) is 0 Å². The molecule has 3 heterocycles. The normalized spacial score (nSPS) is 17.5. The van der Waals surface area contributed by atoms with E-state index in [0.29, 0.717) is 19.5 Å². The number of likely N-dealkylation sites (tertiary alicyclic amines) is 1. The van der Waals surface area contributed by atoms with Gasteiger partial charge in [-0.3, -0.25) is 9.20 Å². The molecule has 2 unspecified atom stereocenters. The zero-order chi connectivity index (χ0) is 23.4. The molecule has 0 aliphatic carbocycles. The van der Waals surface area contributed by atoms with Crippen molar-refractivity contribution in [3.05, 3.63) is 66.1 Å². The Morgan fingerprint density at radius 2 is 1.88 bits per heavy atom. The van der Waals surface area contributed by atoms with Crippen LogP contribution in [-0.4, -0.2) is 56.2 Å². The van der Waals surface area contributed by atoms with E-state index in [9.17, 15) is 9.59 Å². The van der Waals surface area contributed by atoms with Crippen molar-refractivity contribution < 1.29 is 14.3 Å². The smallest absolute Gasteiger partial charge is 0.408 e. The molecule has 174 valence electrons. The molecule has 2 atom stereocenters. The van der Waals surface area contributed by atoms with Gasteiger partial charge in [0.25, 0.3) is 0 Å². The van der Waals surface area contributed by atoms with Crippen molar-refractivity contribution in [2.45, 2.75) is 57.6 Å². The third kappa shape index (κ3) is 5.69.